The molecule has 2 aromatic heterocycles. The van der Waals surface area contributed by atoms with E-state index in [0.717, 1.165) is 54.9 Å². The van der Waals surface area contributed by atoms with E-state index < -0.39 is 0 Å². The fraction of sp³-hybridized carbons (Fsp3) is 0. The second-order valence-corrected chi connectivity index (χ2v) is 8.41. The minimum absolute atomic E-state index is 0.971. The number of nitrogens with zero attached hydrogens (tertiary/aromatic N) is 2. The van der Waals surface area contributed by atoms with Crippen LogP contribution in [0.25, 0.3) is 76.5 Å². The van der Waals surface area contributed by atoms with Gasteiger partial charge >= 0.3 is 0 Å². The molecule has 4 heteroatoms. The van der Waals surface area contributed by atoms with Gasteiger partial charge in [0, 0.05) is 32.3 Å². The monoisotopic (exact) mass is 408 g/mol. The summed E-state index contributed by atoms with van der Waals surface area (Å²) in [5.41, 5.74) is 8.16. The van der Waals surface area contributed by atoms with Gasteiger partial charge in [-0.2, -0.15) is 0 Å². The van der Waals surface area contributed by atoms with Crippen LogP contribution in [-0.4, -0.2) is 19.9 Å². The van der Waals surface area contributed by atoms with Crippen LogP contribution in [0.1, 0.15) is 0 Å². The highest BCUT2D eigenvalue weighted by atomic mass is 14.8. The molecule has 0 aliphatic rings. The summed E-state index contributed by atoms with van der Waals surface area (Å²) in [5.74, 6) is 0. The van der Waals surface area contributed by atoms with Crippen molar-refractivity contribution in [2.45, 2.75) is 0 Å². The van der Waals surface area contributed by atoms with Gasteiger partial charge in [0.2, 0.25) is 0 Å². The Morgan fingerprint density at radius 2 is 0.875 bits per heavy atom. The number of H-pyrrole nitrogens is 2. The van der Waals surface area contributed by atoms with Crippen LogP contribution in [0.4, 0.5) is 0 Å². The van der Waals surface area contributed by atoms with Crippen molar-refractivity contribution in [3.63, 3.8) is 0 Å². The molecule has 0 unspecified atom stereocenters. The van der Waals surface area contributed by atoms with Crippen LogP contribution < -0.4 is 0 Å². The number of rotatable bonds is 0. The minimum atomic E-state index is 0.971. The van der Waals surface area contributed by atoms with E-state index in [0.29, 0.717) is 0 Å². The van der Waals surface area contributed by atoms with Gasteiger partial charge in [-0.05, 0) is 24.3 Å². The van der Waals surface area contributed by atoms with E-state index in [1.807, 2.05) is 24.3 Å². The Bertz CT molecular complexity index is 1760. The van der Waals surface area contributed by atoms with Crippen molar-refractivity contribution < 1.29 is 0 Å². The number of hydrogen-bond donors (Lipinski definition) is 2. The molecule has 6 aromatic carbocycles. The lowest BCUT2D eigenvalue weighted by molar-refractivity contribution is 1.41. The second-order valence-electron chi connectivity index (χ2n) is 8.41. The summed E-state index contributed by atoms with van der Waals surface area (Å²) in [6.07, 6.45) is 0. The van der Waals surface area contributed by atoms with Crippen molar-refractivity contribution in [3.8, 4) is 0 Å². The van der Waals surface area contributed by atoms with Crippen LogP contribution >= 0.6 is 0 Å². The highest BCUT2D eigenvalue weighted by Crippen LogP contribution is 2.43. The van der Waals surface area contributed by atoms with Crippen molar-refractivity contribution in [3.05, 3.63) is 84.9 Å². The number of hydrogen-bond acceptors (Lipinski definition) is 2. The lowest BCUT2D eigenvalue weighted by Crippen LogP contribution is -1.96. The van der Waals surface area contributed by atoms with Crippen LogP contribution in [0, 0.1) is 0 Å². The fourth-order valence-electron chi connectivity index (χ4n) is 5.33. The third kappa shape index (κ3) is 1.92. The molecule has 0 aliphatic carbocycles. The average Bonchev–Trinajstić information content (AvgIpc) is 2.86. The smallest absolute Gasteiger partial charge is 0.0957 e. The molecule has 8 rings (SSSR count). The van der Waals surface area contributed by atoms with Gasteiger partial charge in [-0.1, -0.05) is 60.7 Å². The van der Waals surface area contributed by atoms with Gasteiger partial charge in [0.1, 0.15) is 0 Å². The zero-order valence-corrected chi connectivity index (χ0v) is 17.0. The zero-order valence-electron chi connectivity index (χ0n) is 17.0. The van der Waals surface area contributed by atoms with Gasteiger partial charge in [-0.25, -0.2) is 9.97 Å². The number of para-hydroxylation sites is 4. The predicted molar refractivity (Wildman–Crippen MR) is 133 cm³/mol. The molecule has 0 fully saturated rings. The SMILES string of the molecule is c1ccc2[nH]c3c4cccc5c6nc7ccccc7[nH]c6c6cccc(c3nc2c1)c6c54. The standard InChI is InChI=1S/C28H16N4/c1-2-12-20-19(11-1)29-25-15-7-5-9-17-23(15)24-16(26(25)30-20)8-6-10-18(24)28-27(17)31-21-13-3-4-14-22(21)32-28/h1-14,29,32H. The molecule has 8 aromatic rings. The summed E-state index contributed by atoms with van der Waals surface area (Å²) in [6, 6.07) is 29.5. The molecule has 0 aliphatic heterocycles. The van der Waals surface area contributed by atoms with Crippen molar-refractivity contribution >= 4 is 76.5 Å². The van der Waals surface area contributed by atoms with Gasteiger partial charge in [-0.15, -0.1) is 0 Å². The molecule has 148 valence electrons. The van der Waals surface area contributed by atoms with Gasteiger partial charge in [0.05, 0.1) is 44.1 Å². The van der Waals surface area contributed by atoms with Crippen LogP contribution in [-0.2, 0) is 0 Å². The maximum atomic E-state index is 5.10. The van der Waals surface area contributed by atoms with Crippen LogP contribution in [0.5, 0.6) is 0 Å². The molecule has 2 N–H and O–H groups in total. The van der Waals surface area contributed by atoms with Crippen molar-refractivity contribution in [2.75, 3.05) is 0 Å². The molecule has 0 saturated heterocycles. The van der Waals surface area contributed by atoms with E-state index >= 15 is 0 Å². The third-order valence-corrected chi connectivity index (χ3v) is 6.69. The zero-order chi connectivity index (χ0) is 20.8. The molecule has 32 heavy (non-hydrogen) atoms. The van der Waals surface area contributed by atoms with E-state index in [1.165, 1.54) is 21.5 Å². The van der Waals surface area contributed by atoms with E-state index in [-0.39, 0.29) is 0 Å². The van der Waals surface area contributed by atoms with Gasteiger partial charge in [-0.3, -0.25) is 0 Å². The summed E-state index contributed by atoms with van der Waals surface area (Å²) >= 11 is 0. The Balaban J connectivity index is 1.75. The Morgan fingerprint density at radius 3 is 1.38 bits per heavy atom. The van der Waals surface area contributed by atoms with E-state index in [4.69, 9.17) is 9.97 Å². The number of aromatic nitrogens is 4. The Labute approximate surface area is 181 Å². The minimum Gasteiger partial charge on any atom is -0.351 e. The lowest BCUT2D eigenvalue weighted by atomic mass is 9.91. The Hall–Kier alpha value is -4.44. The summed E-state index contributed by atoms with van der Waals surface area (Å²) < 4.78 is 0. The summed E-state index contributed by atoms with van der Waals surface area (Å²) in [4.78, 5) is 17.6. The van der Waals surface area contributed by atoms with E-state index in [9.17, 15) is 0 Å². The first-order valence-corrected chi connectivity index (χ1v) is 10.8. The molecule has 2 heterocycles. The highest BCUT2D eigenvalue weighted by Gasteiger charge is 2.19. The van der Waals surface area contributed by atoms with Gasteiger partial charge in [0.25, 0.3) is 0 Å². The summed E-state index contributed by atoms with van der Waals surface area (Å²) in [5, 5.41) is 7.15. The van der Waals surface area contributed by atoms with Crippen molar-refractivity contribution in [1.82, 2.24) is 19.9 Å². The molecule has 0 radical (unpaired) electrons. The van der Waals surface area contributed by atoms with E-state index in [1.54, 1.807) is 0 Å². The molecular formula is C28H16N4. The van der Waals surface area contributed by atoms with Crippen LogP contribution in [0.2, 0.25) is 0 Å². The van der Waals surface area contributed by atoms with Crippen molar-refractivity contribution in [1.29, 1.82) is 0 Å². The first kappa shape index (κ1) is 16.3. The quantitative estimate of drug-likeness (QED) is 0.206. The molecule has 0 amide bonds. The largest absolute Gasteiger partial charge is 0.351 e. The number of benzene rings is 6. The summed E-state index contributed by atoms with van der Waals surface area (Å²) in [6.45, 7) is 0. The normalized spacial score (nSPS) is 12.4. The number of aromatic amines is 2. The lowest BCUT2D eigenvalue weighted by Gasteiger charge is -2.17. The maximum absolute atomic E-state index is 5.10. The maximum Gasteiger partial charge on any atom is 0.0957 e. The van der Waals surface area contributed by atoms with Crippen molar-refractivity contribution in [2.24, 2.45) is 0 Å². The first-order valence-electron chi connectivity index (χ1n) is 10.8. The molecular weight excluding hydrogens is 392 g/mol. The molecule has 4 nitrogen and oxygen atoms in total. The van der Waals surface area contributed by atoms with E-state index in [2.05, 4.69) is 70.6 Å². The molecule has 0 spiro atoms. The number of nitrogens with one attached hydrogen (secondary N) is 2. The predicted octanol–water partition coefficient (Wildman–Crippen LogP) is 7.21. The average molecular weight is 408 g/mol. The fourth-order valence-corrected chi connectivity index (χ4v) is 5.33. The van der Waals surface area contributed by atoms with Gasteiger partial charge < -0.3 is 9.97 Å². The Kier molecular flexibility index (Phi) is 2.86. The van der Waals surface area contributed by atoms with Crippen LogP contribution in [0.15, 0.2) is 84.9 Å². The summed E-state index contributed by atoms with van der Waals surface area (Å²) in [7, 11) is 0. The second kappa shape index (κ2) is 5.62. The molecule has 0 saturated carbocycles. The topological polar surface area (TPSA) is 57.4 Å². The third-order valence-electron chi connectivity index (χ3n) is 6.69. The molecule has 0 atom stereocenters. The molecule has 0 bridgehead atoms. The van der Waals surface area contributed by atoms with Gasteiger partial charge in [0.15, 0.2) is 0 Å². The highest BCUT2D eigenvalue weighted by molar-refractivity contribution is 6.38. The number of fused-ring (bicyclic) bond motifs is 8. The Morgan fingerprint density at radius 1 is 0.438 bits per heavy atom. The first-order chi connectivity index (χ1) is 15.9. The van der Waals surface area contributed by atoms with Crippen LogP contribution in [0.3, 0.4) is 0 Å².